The molecule has 0 amide bonds. The number of nitrogens with two attached hydrogens (primary N) is 1. The lowest BCUT2D eigenvalue weighted by Gasteiger charge is -2.13. The minimum absolute atomic E-state index is 0.0438. The Hall–Kier alpha value is -2.77. The Bertz CT molecular complexity index is 971. The van der Waals surface area contributed by atoms with Gasteiger partial charge in [-0.05, 0) is 23.6 Å². The van der Waals surface area contributed by atoms with Gasteiger partial charge in [0.2, 0.25) is 0 Å². The van der Waals surface area contributed by atoms with Gasteiger partial charge in [0.25, 0.3) is 0 Å². The van der Waals surface area contributed by atoms with Gasteiger partial charge in [0, 0.05) is 5.39 Å². The van der Waals surface area contributed by atoms with Crippen molar-refractivity contribution in [1.82, 2.24) is 0 Å². The van der Waals surface area contributed by atoms with Crippen molar-refractivity contribution in [2.75, 3.05) is 5.43 Å². The molecule has 4 N–H and O–H groups in total. The van der Waals surface area contributed by atoms with Crippen molar-refractivity contribution in [3.63, 3.8) is 0 Å². The molecule has 0 aliphatic heterocycles. The molecule has 23 heavy (non-hydrogen) atoms. The summed E-state index contributed by atoms with van der Waals surface area (Å²) < 4.78 is 30.5. The maximum absolute atomic E-state index is 12.7. The Morgan fingerprint density at radius 3 is 2.43 bits per heavy atom. The second-order valence-corrected chi connectivity index (χ2v) is 6.30. The number of phenolic OH excluding ortho intramolecular Hbond substituents is 1. The molecular weight excluding hydrogens is 316 g/mol. The summed E-state index contributed by atoms with van der Waals surface area (Å²) in [6.07, 6.45) is 0. The molecule has 118 valence electrons. The molecule has 0 atom stereocenters. The zero-order valence-electron chi connectivity index (χ0n) is 11.9. The number of hydrogen-bond donors (Lipinski definition) is 3. The predicted molar refractivity (Wildman–Crippen MR) is 87.7 cm³/mol. The number of hydrazine groups is 1. The molecule has 0 aliphatic carbocycles. The molecule has 0 fully saturated rings. The van der Waals surface area contributed by atoms with E-state index in [1.165, 1.54) is 12.1 Å². The standard InChI is InChI=1S/C16H14N2O4S/c17-18-13-7-3-4-8-15(13)22-23(20,21)16-12-6-2-1-5-11(12)9-10-14(16)19/h1-10,18-19H,17H2. The Kier molecular flexibility index (Phi) is 3.81. The highest BCUT2D eigenvalue weighted by atomic mass is 32.2. The predicted octanol–water partition coefficient (Wildman–Crippen LogP) is 2.60. The molecular formula is C16H14N2O4S. The SMILES string of the molecule is NNc1ccccc1OS(=O)(=O)c1c(O)ccc2ccccc12. The average Bonchev–Trinajstić information content (AvgIpc) is 2.54. The van der Waals surface area contributed by atoms with Crippen LogP contribution in [0.1, 0.15) is 0 Å². The Morgan fingerprint density at radius 1 is 0.957 bits per heavy atom. The molecule has 0 saturated heterocycles. The first-order chi connectivity index (χ1) is 11.0. The lowest BCUT2D eigenvalue weighted by atomic mass is 10.1. The number of anilines is 1. The van der Waals surface area contributed by atoms with Crippen LogP contribution in [0.2, 0.25) is 0 Å². The molecule has 0 radical (unpaired) electrons. The van der Waals surface area contributed by atoms with E-state index in [0.29, 0.717) is 16.5 Å². The van der Waals surface area contributed by atoms with Gasteiger partial charge in [-0.1, -0.05) is 42.5 Å². The summed E-state index contributed by atoms with van der Waals surface area (Å²) in [5.41, 5.74) is 2.69. The number of benzene rings is 3. The van der Waals surface area contributed by atoms with Crippen molar-refractivity contribution in [2.24, 2.45) is 5.84 Å². The summed E-state index contributed by atoms with van der Waals surface area (Å²) >= 11 is 0. The summed E-state index contributed by atoms with van der Waals surface area (Å²) in [4.78, 5) is -0.276. The largest absolute Gasteiger partial charge is 0.506 e. The smallest absolute Gasteiger partial charge is 0.343 e. The summed E-state index contributed by atoms with van der Waals surface area (Å²) in [6, 6.07) is 16.1. The third kappa shape index (κ3) is 2.79. The summed E-state index contributed by atoms with van der Waals surface area (Å²) in [7, 11) is -4.25. The van der Waals surface area contributed by atoms with E-state index in [9.17, 15) is 13.5 Å². The molecule has 3 aromatic rings. The molecule has 0 bridgehead atoms. The van der Waals surface area contributed by atoms with Crippen LogP contribution in [-0.2, 0) is 10.1 Å². The normalized spacial score (nSPS) is 11.3. The zero-order chi connectivity index (χ0) is 16.4. The first kappa shape index (κ1) is 15.1. The number of nitrogens with one attached hydrogen (secondary N) is 1. The molecule has 3 rings (SSSR count). The van der Waals surface area contributed by atoms with Crippen molar-refractivity contribution in [3.05, 3.63) is 60.7 Å². The summed E-state index contributed by atoms with van der Waals surface area (Å²) in [5.74, 6) is 5.02. The molecule has 0 spiro atoms. The fraction of sp³-hybridized carbons (Fsp3) is 0. The van der Waals surface area contributed by atoms with Crippen LogP contribution in [0, 0.1) is 0 Å². The van der Waals surface area contributed by atoms with Crippen molar-refractivity contribution >= 4 is 26.6 Å². The Balaban J connectivity index is 2.16. The fourth-order valence-electron chi connectivity index (χ4n) is 2.31. The summed E-state index contributed by atoms with van der Waals surface area (Å²) in [5, 5.41) is 11.1. The van der Waals surface area contributed by atoms with Gasteiger partial charge in [-0.2, -0.15) is 8.42 Å². The highest BCUT2D eigenvalue weighted by Crippen LogP contribution is 2.34. The van der Waals surface area contributed by atoms with Gasteiger partial charge in [-0.15, -0.1) is 0 Å². The van der Waals surface area contributed by atoms with E-state index < -0.39 is 10.1 Å². The maximum atomic E-state index is 12.7. The Labute approximate surface area is 133 Å². The minimum Gasteiger partial charge on any atom is -0.506 e. The van der Waals surface area contributed by atoms with E-state index in [1.54, 1.807) is 48.5 Å². The van der Waals surface area contributed by atoms with Crippen molar-refractivity contribution in [2.45, 2.75) is 4.90 Å². The van der Waals surface area contributed by atoms with Crippen molar-refractivity contribution in [3.8, 4) is 11.5 Å². The topological polar surface area (TPSA) is 102 Å². The lowest BCUT2D eigenvalue weighted by Crippen LogP contribution is -2.14. The van der Waals surface area contributed by atoms with Gasteiger partial charge in [-0.3, -0.25) is 5.84 Å². The second kappa shape index (κ2) is 5.79. The molecule has 3 aromatic carbocycles. The quantitative estimate of drug-likeness (QED) is 0.386. The number of rotatable bonds is 4. The van der Waals surface area contributed by atoms with E-state index in [4.69, 9.17) is 10.0 Å². The first-order valence-corrected chi connectivity index (χ1v) is 8.14. The highest BCUT2D eigenvalue weighted by molar-refractivity contribution is 7.87. The van der Waals surface area contributed by atoms with Crippen LogP contribution in [0.25, 0.3) is 10.8 Å². The van der Waals surface area contributed by atoms with Gasteiger partial charge in [0.1, 0.15) is 5.75 Å². The van der Waals surface area contributed by atoms with Crippen LogP contribution in [0.15, 0.2) is 65.6 Å². The molecule has 0 aliphatic rings. The third-order valence-electron chi connectivity index (χ3n) is 3.35. The number of aromatic hydroxyl groups is 1. The monoisotopic (exact) mass is 330 g/mol. The number of nitrogen functional groups attached to an aromatic ring is 1. The van der Waals surface area contributed by atoms with Gasteiger partial charge in [-0.25, -0.2) is 0 Å². The maximum Gasteiger partial charge on any atom is 0.343 e. The van der Waals surface area contributed by atoms with Gasteiger partial charge < -0.3 is 14.7 Å². The Morgan fingerprint density at radius 2 is 1.65 bits per heavy atom. The van der Waals surface area contributed by atoms with Gasteiger partial charge in [0.05, 0.1) is 5.69 Å². The van der Waals surface area contributed by atoms with Crippen molar-refractivity contribution < 1.29 is 17.7 Å². The van der Waals surface area contributed by atoms with Crippen LogP contribution in [-0.4, -0.2) is 13.5 Å². The van der Waals surface area contributed by atoms with Crippen LogP contribution >= 0.6 is 0 Å². The second-order valence-electron chi connectivity index (χ2n) is 4.81. The lowest BCUT2D eigenvalue weighted by molar-refractivity contribution is 0.447. The zero-order valence-corrected chi connectivity index (χ0v) is 12.7. The molecule has 6 nitrogen and oxygen atoms in total. The van der Waals surface area contributed by atoms with Gasteiger partial charge in [0.15, 0.2) is 10.6 Å². The first-order valence-electron chi connectivity index (χ1n) is 6.74. The minimum atomic E-state index is -4.25. The van der Waals surface area contributed by atoms with Crippen molar-refractivity contribution in [1.29, 1.82) is 0 Å². The molecule has 0 heterocycles. The number of hydrogen-bond acceptors (Lipinski definition) is 6. The molecule has 0 aromatic heterocycles. The number of para-hydroxylation sites is 2. The van der Waals surface area contributed by atoms with Crippen LogP contribution in [0.5, 0.6) is 11.5 Å². The van der Waals surface area contributed by atoms with E-state index >= 15 is 0 Å². The van der Waals surface area contributed by atoms with Crippen LogP contribution in [0.3, 0.4) is 0 Å². The van der Waals surface area contributed by atoms with Crippen LogP contribution in [0.4, 0.5) is 5.69 Å². The number of fused-ring (bicyclic) bond motifs is 1. The van der Waals surface area contributed by atoms with E-state index in [0.717, 1.165) is 0 Å². The fourth-order valence-corrected chi connectivity index (χ4v) is 3.56. The summed E-state index contributed by atoms with van der Waals surface area (Å²) in [6.45, 7) is 0. The molecule has 0 unspecified atom stereocenters. The third-order valence-corrected chi connectivity index (χ3v) is 4.68. The van der Waals surface area contributed by atoms with Crippen LogP contribution < -0.4 is 15.5 Å². The van der Waals surface area contributed by atoms with E-state index in [-0.39, 0.29) is 16.4 Å². The number of phenols is 1. The average molecular weight is 330 g/mol. The molecule has 0 saturated carbocycles. The molecule has 7 heteroatoms. The highest BCUT2D eigenvalue weighted by Gasteiger charge is 2.25. The van der Waals surface area contributed by atoms with E-state index in [1.807, 2.05) is 0 Å². The van der Waals surface area contributed by atoms with Gasteiger partial charge >= 0.3 is 10.1 Å². The van der Waals surface area contributed by atoms with E-state index in [2.05, 4.69) is 5.43 Å².